The largest absolute Gasteiger partial charge is 0.0795 e. The quantitative estimate of drug-likeness (QED) is 0.684. The highest BCUT2D eigenvalue weighted by atomic mass is 14.2. The fourth-order valence-corrected chi connectivity index (χ4v) is 2.45. The van der Waals surface area contributed by atoms with Gasteiger partial charge in [0.2, 0.25) is 0 Å². The normalized spacial score (nSPS) is 13.2. The van der Waals surface area contributed by atoms with Gasteiger partial charge in [-0.25, -0.2) is 0 Å². The molecule has 1 aromatic rings. The van der Waals surface area contributed by atoms with E-state index < -0.39 is 0 Å². The SMILES string of the molecule is CCCc1cc2c(c(CCC)c1)C=CC2. The van der Waals surface area contributed by atoms with E-state index in [4.69, 9.17) is 0 Å². The van der Waals surface area contributed by atoms with Gasteiger partial charge in [-0.2, -0.15) is 0 Å². The van der Waals surface area contributed by atoms with Gasteiger partial charge in [0.15, 0.2) is 0 Å². The lowest BCUT2D eigenvalue weighted by molar-refractivity contribution is 0.890. The maximum Gasteiger partial charge on any atom is -0.00880 e. The summed E-state index contributed by atoms with van der Waals surface area (Å²) in [7, 11) is 0. The molecule has 0 nitrogen and oxygen atoms in total. The molecular formula is C15H20. The first kappa shape index (κ1) is 10.5. The first-order valence-electron chi connectivity index (χ1n) is 6.16. The molecule has 0 aromatic heterocycles. The predicted molar refractivity (Wildman–Crippen MR) is 67.2 cm³/mol. The molecule has 1 aliphatic rings. The molecule has 0 N–H and O–H groups in total. The highest BCUT2D eigenvalue weighted by Crippen LogP contribution is 2.26. The first-order chi connectivity index (χ1) is 7.35. The molecule has 0 saturated heterocycles. The van der Waals surface area contributed by atoms with Crippen molar-refractivity contribution in [3.8, 4) is 0 Å². The summed E-state index contributed by atoms with van der Waals surface area (Å²) in [5, 5.41) is 0. The van der Waals surface area contributed by atoms with Gasteiger partial charge in [-0.3, -0.25) is 0 Å². The Morgan fingerprint density at radius 1 is 1.07 bits per heavy atom. The fraction of sp³-hybridized carbons (Fsp3) is 0.467. The van der Waals surface area contributed by atoms with Crippen molar-refractivity contribution in [2.75, 3.05) is 0 Å². The zero-order chi connectivity index (χ0) is 10.7. The summed E-state index contributed by atoms with van der Waals surface area (Å²) in [6.45, 7) is 4.52. The number of aryl methyl sites for hydroxylation is 2. The minimum atomic E-state index is 1.14. The highest BCUT2D eigenvalue weighted by Gasteiger charge is 2.10. The topological polar surface area (TPSA) is 0 Å². The number of allylic oxidation sites excluding steroid dienone is 1. The Morgan fingerprint density at radius 3 is 2.60 bits per heavy atom. The maximum atomic E-state index is 2.42. The Balaban J connectivity index is 2.37. The molecule has 80 valence electrons. The van der Waals surface area contributed by atoms with E-state index in [1.165, 1.54) is 36.8 Å². The first-order valence-corrected chi connectivity index (χ1v) is 6.16. The van der Waals surface area contributed by atoms with Crippen LogP contribution >= 0.6 is 0 Å². The summed E-state index contributed by atoms with van der Waals surface area (Å²) >= 11 is 0. The summed E-state index contributed by atoms with van der Waals surface area (Å²) in [6.07, 6.45) is 10.7. The number of benzene rings is 1. The van der Waals surface area contributed by atoms with Crippen LogP contribution < -0.4 is 0 Å². The van der Waals surface area contributed by atoms with Crippen molar-refractivity contribution in [1.82, 2.24) is 0 Å². The van der Waals surface area contributed by atoms with Gasteiger partial charge in [-0.05, 0) is 41.5 Å². The van der Waals surface area contributed by atoms with Crippen molar-refractivity contribution in [3.05, 3.63) is 40.5 Å². The van der Waals surface area contributed by atoms with Crippen LogP contribution in [0.2, 0.25) is 0 Å². The lowest BCUT2D eigenvalue weighted by atomic mass is 9.95. The van der Waals surface area contributed by atoms with Crippen LogP contribution in [0.5, 0.6) is 0 Å². The number of rotatable bonds is 4. The molecule has 1 aromatic carbocycles. The summed E-state index contributed by atoms with van der Waals surface area (Å²) in [5.74, 6) is 0. The minimum absolute atomic E-state index is 1.14. The number of hydrogen-bond donors (Lipinski definition) is 0. The zero-order valence-electron chi connectivity index (χ0n) is 9.84. The molecule has 2 rings (SSSR count). The monoisotopic (exact) mass is 200 g/mol. The van der Waals surface area contributed by atoms with Crippen LogP contribution in [0.15, 0.2) is 18.2 Å². The van der Waals surface area contributed by atoms with E-state index in [-0.39, 0.29) is 0 Å². The molecule has 0 heterocycles. The molecule has 1 aliphatic carbocycles. The van der Waals surface area contributed by atoms with Crippen molar-refractivity contribution in [2.45, 2.75) is 46.0 Å². The third kappa shape index (κ3) is 2.14. The standard InChI is InChI=1S/C15H20/c1-3-6-12-10-13(7-4-2)15-9-5-8-14(15)11-12/h5,9-11H,3-4,6-8H2,1-2H3. The summed E-state index contributed by atoms with van der Waals surface area (Å²) in [6, 6.07) is 4.82. The Kier molecular flexibility index (Phi) is 3.25. The van der Waals surface area contributed by atoms with E-state index in [2.05, 4.69) is 38.1 Å². The van der Waals surface area contributed by atoms with E-state index in [9.17, 15) is 0 Å². The zero-order valence-corrected chi connectivity index (χ0v) is 9.84. The van der Waals surface area contributed by atoms with Crippen LogP contribution in [0.1, 0.15) is 48.9 Å². The summed E-state index contributed by atoms with van der Waals surface area (Å²) in [5.41, 5.74) is 6.15. The van der Waals surface area contributed by atoms with E-state index in [0.717, 1.165) is 6.42 Å². The Bertz CT molecular complexity index is 372. The smallest absolute Gasteiger partial charge is 0.00880 e. The number of fused-ring (bicyclic) bond motifs is 1. The summed E-state index contributed by atoms with van der Waals surface area (Å²) < 4.78 is 0. The summed E-state index contributed by atoms with van der Waals surface area (Å²) in [4.78, 5) is 0. The van der Waals surface area contributed by atoms with E-state index >= 15 is 0 Å². The molecule has 15 heavy (non-hydrogen) atoms. The number of hydrogen-bond acceptors (Lipinski definition) is 0. The average molecular weight is 200 g/mol. The molecule has 0 amide bonds. The van der Waals surface area contributed by atoms with E-state index in [1.807, 2.05) is 0 Å². The second kappa shape index (κ2) is 4.65. The molecule has 0 spiro atoms. The van der Waals surface area contributed by atoms with Gasteiger partial charge < -0.3 is 0 Å². The predicted octanol–water partition coefficient (Wildman–Crippen LogP) is 4.16. The molecule has 0 fully saturated rings. The lowest BCUT2D eigenvalue weighted by Crippen LogP contribution is -1.95. The molecular weight excluding hydrogens is 180 g/mol. The van der Waals surface area contributed by atoms with Crippen molar-refractivity contribution in [1.29, 1.82) is 0 Å². The second-order valence-corrected chi connectivity index (χ2v) is 4.43. The van der Waals surface area contributed by atoms with Crippen LogP contribution in [0, 0.1) is 0 Å². The van der Waals surface area contributed by atoms with Gasteiger partial charge in [0, 0.05) is 0 Å². The van der Waals surface area contributed by atoms with Gasteiger partial charge in [0.1, 0.15) is 0 Å². The third-order valence-corrected chi connectivity index (χ3v) is 3.09. The van der Waals surface area contributed by atoms with Crippen molar-refractivity contribution in [3.63, 3.8) is 0 Å². The van der Waals surface area contributed by atoms with Gasteiger partial charge in [0.05, 0.1) is 0 Å². The molecule has 0 saturated carbocycles. The van der Waals surface area contributed by atoms with E-state index in [0.29, 0.717) is 0 Å². The molecule has 0 heteroatoms. The van der Waals surface area contributed by atoms with Crippen molar-refractivity contribution in [2.24, 2.45) is 0 Å². The lowest BCUT2D eigenvalue weighted by Gasteiger charge is -2.10. The Morgan fingerprint density at radius 2 is 1.87 bits per heavy atom. The van der Waals surface area contributed by atoms with Gasteiger partial charge >= 0.3 is 0 Å². The Hall–Kier alpha value is -1.04. The van der Waals surface area contributed by atoms with Crippen molar-refractivity contribution >= 4 is 6.08 Å². The van der Waals surface area contributed by atoms with Crippen LogP contribution in [0.25, 0.3) is 6.08 Å². The molecule has 0 bridgehead atoms. The van der Waals surface area contributed by atoms with Crippen LogP contribution in [0.4, 0.5) is 0 Å². The van der Waals surface area contributed by atoms with E-state index in [1.54, 1.807) is 11.1 Å². The van der Waals surface area contributed by atoms with Crippen LogP contribution in [0.3, 0.4) is 0 Å². The second-order valence-electron chi connectivity index (χ2n) is 4.43. The average Bonchev–Trinajstić information content (AvgIpc) is 2.67. The van der Waals surface area contributed by atoms with Crippen molar-refractivity contribution < 1.29 is 0 Å². The molecule has 0 radical (unpaired) electrons. The van der Waals surface area contributed by atoms with Gasteiger partial charge in [-0.15, -0.1) is 0 Å². The highest BCUT2D eigenvalue weighted by molar-refractivity contribution is 5.64. The fourth-order valence-electron chi connectivity index (χ4n) is 2.45. The maximum absolute atomic E-state index is 2.42. The van der Waals surface area contributed by atoms with Crippen LogP contribution in [-0.4, -0.2) is 0 Å². The Labute approximate surface area is 93.0 Å². The minimum Gasteiger partial charge on any atom is -0.0795 e. The molecule has 0 unspecified atom stereocenters. The van der Waals surface area contributed by atoms with Gasteiger partial charge in [-0.1, -0.05) is 51.0 Å². The molecule has 0 atom stereocenters. The third-order valence-electron chi connectivity index (χ3n) is 3.09. The van der Waals surface area contributed by atoms with Crippen LogP contribution in [-0.2, 0) is 19.3 Å². The van der Waals surface area contributed by atoms with Gasteiger partial charge in [0.25, 0.3) is 0 Å². The molecule has 0 aliphatic heterocycles.